The molecule has 2 aromatic carbocycles. The molecule has 0 radical (unpaired) electrons. The molecule has 1 aliphatic heterocycles. The van der Waals surface area contributed by atoms with Crippen molar-refractivity contribution in [3.05, 3.63) is 48.5 Å². The highest BCUT2D eigenvalue weighted by atomic mass is 32.2. The molecule has 0 amide bonds. The third-order valence-electron chi connectivity index (χ3n) is 4.58. The second kappa shape index (κ2) is 10.1. The summed E-state index contributed by atoms with van der Waals surface area (Å²) < 4.78 is 20.9. The smallest absolute Gasteiger partial charge is 0.377 e. The van der Waals surface area contributed by atoms with Crippen molar-refractivity contribution in [2.75, 3.05) is 26.6 Å². The molecule has 0 aromatic heterocycles. The predicted octanol–water partition coefficient (Wildman–Crippen LogP) is 3.38. The van der Waals surface area contributed by atoms with Gasteiger partial charge in [0, 0.05) is 9.79 Å². The second-order valence-electron chi connectivity index (χ2n) is 6.50. The molecule has 0 N–H and O–H groups in total. The number of rotatable bonds is 9. The highest BCUT2D eigenvalue weighted by Crippen LogP contribution is 2.42. The Kier molecular flexibility index (Phi) is 7.50. The quantitative estimate of drug-likeness (QED) is 0.316. The van der Waals surface area contributed by atoms with E-state index in [2.05, 4.69) is 0 Å². The van der Waals surface area contributed by atoms with Crippen molar-refractivity contribution >= 4 is 41.2 Å². The van der Waals surface area contributed by atoms with Gasteiger partial charge in [-0.15, -0.1) is 23.5 Å². The summed E-state index contributed by atoms with van der Waals surface area (Å²) in [6.45, 7) is 1.76. The van der Waals surface area contributed by atoms with Gasteiger partial charge in [0.1, 0.15) is 16.7 Å². The van der Waals surface area contributed by atoms with Gasteiger partial charge in [-0.05, 0) is 55.5 Å². The van der Waals surface area contributed by atoms with Crippen molar-refractivity contribution in [3.8, 4) is 11.5 Å². The number of cyclic esters (lactones) is 1. The first-order valence-corrected chi connectivity index (χ1v) is 11.3. The van der Waals surface area contributed by atoms with Crippen LogP contribution < -0.4 is 9.47 Å². The van der Waals surface area contributed by atoms with E-state index in [4.69, 9.17) is 18.9 Å². The minimum atomic E-state index is -1.74. The van der Waals surface area contributed by atoms with Crippen molar-refractivity contribution in [3.63, 3.8) is 0 Å². The highest BCUT2D eigenvalue weighted by Gasteiger charge is 2.62. The Morgan fingerprint density at radius 3 is 2.03 bits per heavy atom. The molecule has 7 nitrogen and oxygen atoms in total. The van der Waals surface area contributed by atoms with E-state index in [0.29, 0.717) is 16.4 Å². The van der Waals surface area contributed by atoms with Gasteiger partial charge in [0.25, 0.3) is 5.78 Å². The van der Waals surface area contributed by atoms with Crippen molar-refractivity contribution < 1.29 is 33.3 Å². The lowest BCUT2D eigenvalue weighted by atomic mass is 10.0. The summed E-state index contributed by atoms with van der Waals surface area (Å²) >= 11 is 2.39. The summed E-state index contributed by atoms with van der Waals surface area (Å²) in [6.07, 6.45) is 0. The van der Waals surface area contributed by atoms with E-state index in [9.17, 15) is 14.4 Å². The fraction of sp³-hybridized carbons (Fsp3) is 0.318. The van der Waals surface area contributed by atoms with Crippen LogP contribution in [-0.4, -0.2) is 55.2 Å². The van der Waals surface area contributed by atoms with E-state index in [0.717, 1.165) is 16.7 Å². The molecule has 3 rings (SSSR count). The highest BCUT2D eigenvalue weighted by molar-refractivity contribution is 8.01. The van der Waals surface area contributed by atoms with Crippen LogP contribution in [0.4, 0.5) is 0 Å². The van der Waals surface area contributed by atoms with Crippen LogP contribution in [0, 0.1) is 0 Å². The van der Waals surface area contributed by atoms with Gasteiger partial charge < -0.3 is 18.9 Å². The number of esters is 2. The average molecular weight is 463 g/mol. The first-order chi connectivity index (χ1) is 14.9. The first-order valence-electron chi connectivity index (χ1n) is 9.45. The average Bonchev–Trinajstić information content (AvgIpc) is 3.04. The van der Waals surface area contributed by atoms with E-state index in [1.54, 1.807) is 57.5 Å². The largest absolute Gasteiger partial charge is 0.497 e. The van der Waals surface area contributed by atoms with Crippen LogP contribution in [0.15, 0.2) is 58.3 Å². The zero-order valence-corrected chi connectivity index (χ0v) is 18.9. The molecule has 1 saturated heterocycles. The normalized spacial score (nSPS) is 20.3. The molecule has 9 heteroatoms. The monoisotopic (exact) mass is 462 g/mol. The predicted molar refractivity (Wildman–Crippen MR) is 117 cm³/mol. The molecule has 164 valence electrons. The SMILES string of the molecule is CCOC(=O)C1(CSc2ccc(OC)cc2)OC(=O)C(=O)C1Sc1ccc(OC)cc1. The minimum Gasteiger partial charge on any atom is -0.497 e. The van der Waals surface area contributed by atoms with Gasteiger partial charge in [0.2, 0.25) is 5.60 Å². The fourth-order valence-corrected chi connectivity index (χ4v) is 5.30. The molecule has 2 unspecified atom stereocenters. The van der Waals surface area contributed by atoms with Gasteiger partial charge in [-0.3, -0.25) is 4.79 Å². The van der Waals surface area contributed by atoms with Crippen molar-refractivity contribution in [1.29, 1.82) is 0 Å². The van der Waals surface area contributed by atoms with Crippen LogP contribution in [-0.2, 0) is 23.9 Å². The fourth-order valence-electron chi connectivity index (χ4n) is 2.96. The van der Waals surface area contributed by atoms with Crippen LogP contribution in [0.5, 0.6) is 11.5 Å². The Morgan fingerprint density at radius 1 is 0.968 bits per heavy atom. The topological polar surface area (TPSA) is 88.1 Å². The molecule has 2 atom stereocenters. The molecule has 2 aromatic rings. The number of carbonyl (C=O) groups is 3. The van der Waals surface area contributed by atoms with Crippen LogP contribution in [0.1, 0.15) is 6.92 Å². The maximum atomic E-state index is 13.0. The lowest BCUT2D eigenvalue weighted by Gasteiger charge is -2.29. The maximum Gasteiger partial charge on any atom is 0.377 e. The number of hydrogen-bond acceptors (Lipinski definition) is 9. The Hall–Kier alpha value is -2.65. The summed E-state index contributed by atoms with van der Waals surface area (Å²) in [7, 11) is 3.12. The maximum absolute atomic E-state index is 13.0. The van der Waals surface area contributed by atoms with Crippen LogP contribution in [0.25, 0.3) is 0 Å². The lowest BCUT2D eigenvalue weighted by Crippen LogP contribution is -2.50. The molecule has 0 saturated carbocycles. The number of Topliss-reactive ketones (excluding diaryl/α,β-unsaturated/α-hetero) is 1. The van der Waals surface area contributed by atoms with E-state index in [1.165, 1.54) is 11.8 Å². The van der Waals surface area contributed by atoms with Crippen LogP contribution in [0.2, 0.25) is 0 Å². The summed E-state index contributed by atoms with van der Waals surface area (Å²) in [4.78, 5) is 39.4. The Bertz CT molecular complexity index is 943. The number of benzene rings is 2. The van der Waals surface area contributed by atoms with Gasteiger partial charge in [-0.2, -0.15) is 0 Å². The molecule has 0 bridgehead atoms. The summed E-state index contributed by atoms with van der Waals surface area (Å²) in [6, 6.07) is 14.2. The molecular formula is C22H22O7S2. The third-order valence-corrected chi connectivity index (χ3v) is 7.14. The number of ketones is 1. The first kappa shape index (κ1) is 23.0. The van der Waals surface area contributed by atoms with Crippen molar-refractivity contribution in [2.24, 2.45) is 0 Å². The van der Waals surface area contributed by atoms with Crippen LogP contribution in [0.3, 0.4) is 0 Å². The van der Waals surface area contributed by atoms with Gasteiger partial charge >= 0.3 is 11.9 Å². The van der Waals surface area contributed by atoms with Gasteiger partial charge in [-0.25, -0.2) is 9.59 Å². The van der Waals surface area contributed by atoms with Gasteiger partial charge in [0.15, 0.2) is 0 Å². The standard InChI is InChI=1S/C22H22O7S2/c1-4-28-21(25)22(13-30-16-9-5-14(26-2)6-10-16)19(18(23)20(24)29-22)31-17-11-7-15(27-3)8-12-17/h5-12,19H,4,13H2,1-3H3. The number of thioether (sulfide) groups is 2. The molecule has 0 spiro atoms. The molecule has 1 heterocycles. The molecule has 1 aliphatic rings. The summed E-state index contributed by atoms with van der Waals surface area (Å²) in [5.41, 5.74) is -1.74. The third kappa shape index (κ3) is 4.99. The Labute approximate surface area is 188 Å². The number of carbonyl (C=O) groups excluding carboxylic acids is 3. The number of ether oxygens (including phenoxy) is 4. The number of methoxy groups -OCH3 is 2. The van der Waals surface area contributed by atoms with Gasteiger partial charge in [0.05, 0.1) is 26.6 Å². The summed E-state index contributed by atoms with van der Waals surface area (Å²) in [5.74, 6) is -1.15. The Morgan fingerprint density at radius 2 is 1.52 bits per heavy atom. The van der Waals surface area contributed by atoms with E-state index in [-0.39, 0.29) is 12.4 Å². The van der Waals surface area contributed by atoms with E-state index >= 15 is 0 Å². The minimum absolute atomic E-state index is 0.0312. The van der Waals surface area contributed by atoms with Gasteiger partial charge in [-0.1, -0.05) is 0 Å². The zero-order chi connectivity index (χ0) is 22.4. The van der Waals surface area contributed by atoms with Crippen molar-refractivity contribution in [2.45, 2.75) is 27.6 Å². The molecule has 0 aliphatic carbocycles. The van der Waals surface area contributed by atoms with Crippen LogP contribution >= 0.6 is 23.5 Å². The molecule has 31 heavy (non-hydrogen) atoms. The lowest BCUT2D eigenvalue weighted by molar-refractivity contribution is -0.171. The zero-order valence-electron chi connectivity index (χ0n) is 17.3. The second-order valence-corrected chi connectivity index (χ2v) is 8.73. The summed E-state index contributed by atoms with van der Waals surface area (Å²) in [5, 5.41) is -1.07. The number of hydrogen-bond donors (Lipinski definition) is 0. The Balaban J connectivity index is 1.90. The molecular weight excluding hydrogens is 440 g/mol. The van der Waals surface area contributed by atoms with E-state index in [1.807, 2.05) is 12.1 Å². The van der Waals surface area contributed by atoms with E-state index < -0.39 is 28.6 Å². The molecule has 1 fully saturated rings. The van der Waals surface area contributed by atoms with Crippen molar-refractivity contribution in [1.82, 2.24) is 0 Å².